The van der Waals surface area contributed by atoms with Gasteiger partial charge in [0, 0.05) is 25.2 Å². The van der Waals surface area contributed by atoms with Crippen LogP contribution in [0.4, 0.5) is 4.79 Å². The maximum absolute atomic E-state index is 12.7. The Morgan fingerprint density at radius 1 is 1.20 bits per heavy atom. The highest BCUT2D eigenvalue weighted by molar-refractivity contribution is 9.18. The molecule has 158 valence electrons. The maximum atomic E-state index is 12.7. The van der Waals surface area contributed by atoms with Crippen molar-refractivity contribution in [2.24, 2.45) is 5.16 Å². The number of alkyl carbamates (subject to hydrolysis) is 1. The van der Waals surface area contributed by atoms with Crippen molar-refractivity contribution < 1.29 is 24.3 Å². The fourth-order valence-corrected chi connectivity index (χ4v) is 3.17. The first-order valence-electron chi connectivity index (χ1n) is 9.25. The molecule has 0 spiro atoms. The average molecular weight is 477 g/mol. The molecule has 1 unspecified atom stereocenters. The Bertz CT molecular complexity index is 892. The van der Waals surface area contributed by atoms with Crippen LogP contribution in [-0.4, -0.2) is 45.4 Å². The van der Waals surface area contributed by atoms with E-state index in [9.17, 15) is 14.7 Å². The van der Waals surface area contributed by atoms with Crippen molar-refractivity contribution in [3.05, 3.63) is 59.9 Å². The van der Waals surface area contributed by atoms with Crippen LogP contribution in [0, 0.1) is 0 Å². The lowest BCUT2D eigenvalue weighted by Gasteiger charge is -2.19. The van der Waals surface area contributed by atoms with E-state index in [0.29, 0.717) is 11.0 Å². The molecule has 10 heteroatoms. The van der Waals surface area contributed by atoms with Gasteiger partial charge in [-0.25, -0.2) is 4.79 Å². The highest BCUT2D eigenvalue weighted by Gasteiger charge is 2.25. The number of pyridine rings is 1. The summed E-state index contributed by atoms with van der Waals surface area (Å²) < 4.78 is 5.89. The first-order valence-corrected chi connectivity index (χ1v) is 10.0. The second kappa shape index (κ2) is 10.6. The summed E-state index contributed by atoms with van der Waals surface area (Å²) >= 11 is 3.25. The van der Waals surface area contributed by atoms with E-state index < -0.39 is 12.1 Å². The van der Waals surface area contributed by atoms with Gasteiger partial charge in [-0.05, 0) is 51.3 Å². The number of hydrogen-bond acceptors (Lipinski definition) is 7. The van der Waals surface area contributed by atoms with E-state index in [2.05, 4.69) is 36.7 Å². The number of oxime groups is 1. The molecule has 1 aliphatic heterocycles. The molecule has 0 radical (unpaired) electrons. The Labute approximate surface area is 181 Å². The van der Waals surface area contributed by atoms with Crippen molar-refractivity contribution in [1.29, 1.82) is 0 Å². The van der Waals surface area contributed by atoms with E-state index in [0.717, 1.165) is 11.1 Å². The third kappa shape index (κ3) is 6.73. The minimum Gasteiger partial charge on any atom is -0.508 e. The molecule has 0 aliphatic carbocycles. The number of carbonyl (C=O) groups is 2. The highest BCUT2D eigenvalue weighted by Crippen LogP contribution is 2.14. The van der Waals surface area contributed by atoms with Crippen LogP contribution in [0.5, 0.6) is 5.75 Å². The van der Waals surface area contributed by atoms with Crippen LogP contribution in [0.15, 0.2) is 53.9 Å². The largest absolute Gasteiger partial charge is 0.508 e. The summed E-state index contributed by atoms with van der Waals surface area (Å²) in [6.45, 7) is 0.306. The number of phenolic OH excluding ortho intramolecular Hbond substituents is 1. The molecule has 2 amide bonds. The third-order valence-corrected chi connectivity index (χ3v) is 4.77. The zero-order valence-electron chi connectivity index (χ0n) is 16.0. The third-order valence-electron chi connectivity index (χ3n) is 4.30. The molecule has 0 saturated heterocycles. The van der Waals surface area contributed by atoms with Gasteiger partial charge in [0.2, 0.25) is 5.91 Å². The molecule has 0 bridgehead atoms. The van der Waals surface area contributed by atoms with Crippen molar-refractivity contribution in [1.82, 2.24) is 15.6 Å². The zero-order chi connectivity index (χ0) is 21.3. The second-order valence-electron chi connectivity index (χ2n) is 6.64. The number of aromatic nitrogens is 1. The molecule has 1 aromatic heterocycles. The van der Waals surface area contributed by atoms with Gasteiger partial charge < -0.3 is 25.3 Å². The van der Waals surface area contributed by atoms with Crippen molar-refractivity contribution in [3.8, 4) is 5.75 Å². The van der Waals surface area contributed by atoms with Crippen LogP contribution in [-0.2, 0) is 27.4 Å². The molecule has 3 rings (SSSR count). The summed E-state index contributed by atoms with van der Waals surface area (Å²) in [5.41, 5.74) is 1.55. The summed E-state index contributed by atoms with van der Waals surface area (Å²) in [7, 11) is 0. The lowest BCUT2D eigenvalue weighted by molar-refractivity contribution is -0.123. The molecular formula is C20H21BrN4O5. The van der Waals surface area contributed by atoms with Gasteiger partial charge in [0.15, 0.2) is 6.10 Å². The molecule has 0 saturated carbocycles. The fourth-order valence-electron chi connectivity index (χ4n) is 2.73. The van der Waals surface area contributed by atoms with Crippen molar-refractivity contribution >= 4 is 32.6 Å². The Morgan fingerprint density at radius 3 is 2.60 bits per heavy atom. The molecule has 2 atom stereocenters. The van der Waals surface area contributed by atoms with Crippen LogP contribution in [0.3, 0.4) is 0 Å². The SMILES string of the molecule is O=C(NC(Cc1ccc(O)cc1)C(=O)NC[C@@H]1CC(Br)=NO1)OCc1ccncc1. The predicted molar refractivity (Wildman–Crippen MR) is 112 cm³/mol. The van der Waals surface area contributed by atoms with E-state index in [1.807, 2.05) is 0 Å². The van der Waals surface area contributed by atoms with E-state index in [1.54, 1.807) is 36.7 Å². The number of phenols is 1. The molecule has 30 heavy (non-hydrogen) atoms. The number of carbonyl (C=O) groups excluding carboxylic acids is 2. The Hall–Kier alpha value is -3.14. The van der Waals surface area contributed by atoms with Crippen molar-refractivity contribution in [2.45, 2.75) is 31.6 Å². The summed E-state index contributed by atoms with van der Waals surface area (Å²) in [4.78, 5) is 34.1. The Morgan fingerprint density at radius 2 is 1.93 bits per heavy atom. The monoisotopic (exact) mass is 476 g/mol. The van der Waals surface area contributed by atoms with Gasteiger partial charge in [-0.3, -0.25) is 9.78 Å². The normalized spacial score (nSPS) is 16.2. The summed E-state index contributed by atoms with van der Waals surface area (Å²) in [6, 6.07) is 9.01. The summed E-state index contributed by atoms with van der Waals surface area (Å²) in [5, 5.41) is 18.6. The van der Waals surface area contributed by atoms with E-state index in [1.165, 1.54) is 12.1 Å². The number of amides is 2. The van der Waals surface area contributed by atoms with Crippen LogP contribution < -0.4 is 10.6 Å². The number of ether oxygens (including phenoxy) is 1. The summed E-state index contributed by atoms with van der Waals surface area (Å²) in [6.07, 6.45) is 3.01. The van der Waals surface area contributed by atoms with Crippen molar-refractivity contribution in [3.63, 3.8) is 0 Å². The number of aromatic hydroxyl groups is 1. The Kier molecular flexibility index (Phi) is 7.61. The molecule has 3 N–H and O–H groups in total. The maximum Gasteiger partial charge on any atom is 0.408 e. The van der Waals surface area contributed by atoms with Crippen LogP contribution in [0.25, 0.3) is 0 Å². The minimum atomic E-state index is -0.870. The van der Waals surface area contributed by atoms with Gasteiger partial charge in [0.05, 0.1) is 6.54 Å². The molecule has 2 heterocycles. The highest BCUT2D eigenvalue weighted by atomic mass is 79.9. The fraction of sp³-hybridized carbons (Fsp3) is 0.300. The lowest BCUT2D eigenvalue weighted by Crippen LogP contribution is -2.49. The molecule has 1 aromatic carbocycles. The van der Waals surface area contributed by atoms with Crippen LogP contribution in [0.1, 0.15) is 17.5 Å². The van der Waals surface area contributed by atoms with Crippen LogP contribution >= 0.6 is 15.9 Å². The van der Waals surface area contributed by atoms with E-state index in [4.69, 9.17) is 9.57 Å². The number of rotatable bonds is 8. The van der Waals surface area contributed by atoms with Crippen LogP contribution in [0.2, 0.25) is 0 Å². The first kappa shape index (κ1) is 21.6. The standard InChI is InChI=1S/C20H21BrN4O5/c21-18-10-16(30-25-18)11-23-19(27)17(9-13-1-3-15(26)4-2-13)24-20(28)29-12-14-5-7-22-8-6-14/h1-8,16-17,26H,9-12H2,(H,23,27)(H,24,28)/t16-,17?/m0/s1. The second-order valence-corrected chi connectivity index (χ2v) is 7.56. The number of benzene rings is 1. The van der Waals surface area contributed by atoms with Gasteiger partial charge >= 0.3 is 6.09 Å². The van der Waals surface area contributed by atoms with Gasteiger partial charge in [0.1, 0.15) is 23.0 Å². The van der Waals surface area contributed by atoms with E-state index >= 15 is 0 Å². The zero-order valence-corrected chi connectivity index (χ0v) is 17.5. The topological polar surface area (TPSA) is 122 Å². The van der Waals surface area contributed by atoms with Gasteiger partial charge in [0.25, 0.3) is 0 Å². The molecule has 1 aliphatic rings. The molecule has 9 nitrogen and oxygen atoms in total. The van der Waals surface area contributed by atoms with Crippen molar-refractivity contribution in [2.75, 3.05) is 6.54 Å². The quantitative estimate of drug-likeness (QED) is 0.536. The number of nitrogens with one attached hydrogen (secondary N) is 2. The Balaban J connectivity index is 1.58. The van der Waals surface area contributed by atoms with Gasteiger partial charge in [-0.15, -0.1) is 0 Å². The number of hydrogen-bond donors (Lipinski definition) is 3. The van der Waals surface area contributed by atoms with Gasteiger partial charge in [-0.1, -0.05) is 17.3 Å². The molecule has 0 fully saturated rings. The average Bonchev–Trinajstić information content (AvgIpc) is 3.17. The molecular weight excluding hydrogens is 456 g/mol. The lowest BCUT2D eigenvalue weighted by atomic mass is 10.0. The minimum absolute atomic E-state index is 0.0587. The smallest absolute Gasteiger partial charge is 0.408 e. The number of nitrogens with zero attached hydrogens (tertiary/aromatic N) is 2. The first-order chi connectivity index (χ1) is 14.5. The molecule has 2 aromatic rings. The summed E-state index contributed by atoms with van der Waals surface area (Å²) in [5.74, 6) is -0.260. The number of halogens is 1. The van der Waals surface area contributed by atoms with Gasteiger partial charge in [-0.2, -0.15) is 0 Å². The van der Waals surface area contributed by atoms with E-state index in [-0.39, 0.29) is 37.3 Å². The predicted octanol–water partition coefficient (Wildman–Crippen LogP) is 2.24.